The fraction of sp³-hybridized carbons (Fsp3) is 0.316. The van der Waals surface area contributed by atoms with Crippen LogP contribution in [0.25, 0.3) is 0 Å². The van der Waals surface area contributed by atoms with E-state index in [1.807, 2.05) is 36.1 Å². The van der Waals surface area contributed by atoms with E-state index in [0.29, 0.717) is 11.3 Å². The SMILES string of the molecule is CC[C@@H](C)N1C(=O)c2ccccc2N[C@@H]1c1cc(O)c(OC)cc1Br. The summed E-state index contributed by atoms with van der Waals surface area (Å²) in [5, 5.41) is 13.7. The number of amides is 1. The van der Waals surface area contributed by atoms with Crippen LogP contribution >= 0.6 is 15.9 Å². The summed E-state index contributed by atoms with van der Waals surface area (Å²) in [4.78, 5) is 14.9. The van der Waals surface area contributed by atoms with Gasteiger partial charge in [0.15, 0.2) is 11.5 Å². The third-order valence-electron chi connectivity index (χ3n) is 4.62. The van der Waals surface area contributed by atoms with Crippen molar-refractivity contribution in [2.24, 2.45) is 0 Å². The van der Waals surface area contributed by atoms with Gasteiger partial charge in [-0.2, -0.15) is 0 Å². The van der Waals surface area contributed by atoms with Gasteiger partial charge < -0.3 is 20.1 Å². The van der Waals surface area contributed by atoms with Crippen LogP contribution in [0.5, 0.6) is 11.5 Å². The zero-order valence-corrected chi connectivity index (χ0v) is 16.0. The van der Waals surface area contributed by atoms with Crippen LogP contribution < -0.4 is 10.1 Å². The molecule has 2 aromatic rings. The Hall–Kier alpha value is -2.21. The number of phenols is 1. The zero-order valence-electron chi connectivity index (χ0n) is 14.4. The summed E-state index contributed by atoms with van der Waals surface area (Å²) in [6.07, 6.45) is 0.440. The topological polar surface area (TPSA) is 61.8 Å². The number of rotatable bonds is 4. The van der Waals surface area contributed by atoms with E-state index >= 15 is 0 Å². The normalized spacial score (nSPS) is 17.7. The average Bonchev–Trinajstić information content (AvgIpc) is 2.62. The molecule has 6 heteroatoms. The minimum atomic E-state index is -0.386. The number of hydrogen-bond donors (Lipinski definition) is 2. The minimum Gasteiger partial charge on any atom is -0.504 e. The molecule has 3 rings (SSSR count). The lowest BCUT2D eigenvalue weighted by atomic mass is 10.0. The molecular weight excluding hydrogens is 384 g/mol. The van der Waals surface area contributed by atoms with Crippen molar-refractivity contribution in [3.8, 4) is 11.5 Å². The predicted molar refractivity (Wildman–Crippen MR) is 101 cm³/mol. The minimum absolute atomic E-state index is 0.0177. The van der Waals surface area contributed by atoms with Crippen molar-refractivity contribution >= 4 is 27.5 Å². The van der Waals surface area contributed by atoms with Gasteiger partial charge in [0.1, 0.15) is 6.17 Å². The van der Waals surface area contributed by atoms with Crippen LogP contribution in [0.3, 0.4) is 0 Å². The molecule has 0 saturated carbocycles. The Bertz CT molecular complexity index is 809. The Morgan fingerprint density at radius 2 is 2.08 bits per heavy atom. The van der Waals surface area contributed by atoms with Crippen molar-refractivity contribution in [2.75, 3.05) is 12.4 Å². The molecule has 2 aromatic carbocycles. The van der Waals surface area contributed by atoms with Gasteiger partial charge in [0.25, 0.3) is 5.91 Å². The number of methoxy groups -OCH3 is 1. The van der Waals surface area contributed by atoms with E-state index in [0.717, 1.165) is 22.1 Å². The predicted octanol–water partition coefficient (Wildman–Crippen LogP) is 4.53. The van der Waals surface area contributed by atoms with E-state index < -0.39 is 0 Å². The fourth-order valence-corrected chi connectivity index (χ4v) is 3.62. The summed E-state index contributed by atoms with van der Waals surface area (Å²) in [6, 6.07) is 10.9. The molecule has 0 bridgehead atoms. The van der Waals surface area contributed by atoms with Gasteiger partial charge in [-0.05, 0) is 37.6 Å². The number of carbonyl (C=O) groups is 1. The molecule has 0 aliphatic carbocycles. The molecule has 1 aliphatic heterocycles. The highest BCUT2D eigenvalue weighted by Crippen LogP contribution is 2.41. The number of para-hydroxylation sites is 1. The first-order valence-corrected chi connectivity index (χ1v) is 9.01. The summed E-state index contributed by atoms with van der Waals surface area (Å²) in [5.41, 5.74) is 2.23. The Kier molecular flexibility index (Phi) is 4.90. The average molecular weight is 405 g/mol. The van der Waals surface area contributed by atoms with Gasteiger partial charge in [0.2, 0.25) is 0 Å². The maximum absolute atomic E-state index is 13.1. The third kappa shape index (κ3) is 3.06. The molecule has 0 radical (unpaired) electrons. The van der Waals surface area contributed by atoms with Gasteiger partial charge in [0.05, 0.1) is 12.7 Å². The van der Waals surface area contributed by atoms with Crippen molar-refractivity contribution in [2.45, 2.75) is 32.5 Å². The van der Waals surface area contributed by atoms with Crippen LogP contribution in [0.4, 0.5) is 5.69 Å². The molecule has 0 saturated heterocycles. The van der Waals surface area contributed by atoms with E-state index in [1.165, 1.54) is 7.11 Å². The Morgan fingerprint density at radius 1 is 1.36 bits per heavy atom. The molecule has 0 unspecified atom stereocenters. The third-order valence-corrected chi connectivity index (χ3v) is 5.31. The highest BCUT2D eigenvalue weighted by Gasteiger charge is 2.36. The van der Waals surface area contributed by atoms with Gasteiger partial charge in [0, 0.05) is 21.8 Å². The maximum Gasteiger partial charge on any atom is 0.258 e. The zero-order chi connectivity index (χ0) is 18.1. The van der Waals surface area contributed by atoms with Crippen LogP contribution in [-0.4, -0.2) is 29.1 Å². The Labute approximate surface area is 155 Å². The van der Waals surface area contributed by atoms with E-state index in [2.05, 4.69) is 28.2 Å². The van der Waals surface area contributed by atoms with Crippen LogP contribution in [0.2, 0.25) is 0 Å². The van der Waals surface area contributed by atoms with Gasteiger partial charge in [-0.1, -0.05) is 35.0 Å². The van der Waals surface area contributed by atoms with Crippen molar-refractivity contribution in [3.05, 3.63) is 52.0 Å². The molecule has 0 fully saturated rings. The van der Waals surface area contributed by atoms with Crippen LogP contribution in [0.15, 0.2) is 40.9 Å². The van der Waals surface area contributed by atoms with Gasteiger partial charge >= 0.3 is 0 Å². The number of nitrogens with zero attached hydrogens (tertiary/aromatic N) is 1. The number of halogens is 1. The number of aromatic hydroxyl groups is 1. The smallest absolute Gasteiger partial charge is 0.258 e. The second-order valence-electron chi connectivity index (χ2n) is 6.11. The lowest BCUT2D eigenvalue weighted by molar-refractivity contribution is 0.0592. The first kappa shape index (κ1) is 17.6. The second-order valence-corrected chi connectivity index (χ2v) is 6.96. The van der Waals surface area contributed by atoms with E-state index in [4.69, 9.17) is 4.74 Å². The molecule has 0 spiro atoms. The standard InChI is InChI=1S/C19H21BrN2O3/c1-4-11(2)22-18(13-9-16(23)17(25-3)10-14(13)20)21-15-8-6-5-7-12(15)19(22)24/h5-11,18,21,23H,4H2,1-3H3/t11-,18+/m1/s1. The summed E-state index contributed by atoms with van der Waals surface area (Å²) < 4.78 is 5.92. The van der Waals surface area contributed by atoms with E-state index in [1.54, 1.807) is 12.1 Å². The van der Waals surface area contributed by atoms with Crippen molar-refractivity contribution in [3.63, 3.8) is 0 Å². The number of fused-ring (bicyclic) bond motifs is 1. The molecule has 132 valence electrons. The lowest BCUT2D eigenvalue weighted by Crippen LogP contribution is -2.47. The monoisotopic (exact) mass is 404 g/mol. The quantitative estimate of drug-likeness (QED) is 0.785. The number of nitrogens with one attached hydrogen (secondary N) is 1. The van der Waals surface area contributed by atoms with Crippen LogP contribution in [0, 0.1) is 0 Å². The van der Waals surface area contributed by atoms with E-state index in [9.17, 15) is 9.90 Å². The molecule has 25 heavy (non-hydrogen) atoms. The summed E-state index contributed by atoms with van der Waals surface area (Å²) >= 11 is 3.55. The van der Waals surface area contributed by atoms with Gasteiger partial charge in [-0.15, -0.1) is 0 Å². The molecular formula is C19H21BrN2O3. The van der Waals surface area contributed by atoms with Crippen LogP contribution in [-0.2, 0) is 0 Å². The first-order chi connectivity index (χ1) is 12.0. The second kappa shape index (κ2) is 6.96. The maximum atomic E-state index is 13.1. The van der Waals surface area contributed by atoms with Crippen LogP contribution in [0.1, 0.15) is 42.4 Å². The summed E-state index contributed by atoms with van der Waals surface area (Å²) in [7, 11) is 1.51. The summed E-state index contributed by atoms with van der Waals surface area (Å²) in [5.74, 6) is 0.405. The highest BCUT2D eigenvalue weighted by atomic mass is 79.9. The largest absolute Gasteiger partial charge is 0.504 e. The van der Waals surface area contributed by atoms with Crippen molar-refractivity contribution in [1.82, 2.24) is 4.90 Å². The number of benzene rings is 2. The molecule has 2 atom stereocenters. The molecule has 1 amide bonds. The highest BCUT2D eigenvalue weighted by molar-refractivity contribution is 9.10. The molecule has 5 nitrogen and oxygen atoms in total. The van der Waals surface area contributed by atoms with E-state index in [-0.39, 0.29) is 23.9 Å². The number of phenolic OH excluding ortho intramolecular Hbond substituents is 1. The number of carbonyl (C=O) groups excluding carboxylic acids is 1. The first-order valence-electron chi connectivity index (χ1n) is 8.22. The molecule has 2 N–H and O–H groups in total. The number of anilines is 1. The number of hydrogen-bond acceptors (Lipinski definition) is 4. The summed E-state index contributed by atoms with van der Waals surface area (Å²) in [6.45, 7) is 4.08. The van der Waals surface area contributed by atoms with Gasteiger partial charge in [-0.25, -0.2) is 0 Å². The van der Waals surface area contributed by atoms with Crippen molar-refractivity contribution < 1.29 is 14.6 Å². The molecule has 1 heterocycles. The fourth-order valence-electron chi connectivity index (χ4n) is 3.08. The lowest BCUT2D eigenvalue weighted by Gasteiger charge is -2.42. The van der Waals surface area contributed by atoms with Gasteiger partial charge in [-0.3, -0.25) is 4.79 Å². The Balaban J connectivity index is 2.13. The Morgan fingerprint density at radius 3 is 2.76 bits per heavy atom. The molecule has 1 aliphatic rings. The molecule has 0 aromatic heterocycles. The van der Waals surface area contributed by atoms with Crippen molar-refractivity contribution in [1.29, 1.82) is 0 Å². The number of ether oxygens (including phenoxy) is 1.